The third kappa shape index (κ3) is 3.49. The van der Waals surface area contributed by atoms with Crippen LogP contribution in [0.3, 0.4) is 0 Å². The Balaban J connectivity index is 0.00000208. The van der Waals surface area contributed by atoms with Crippen LogP contribution in [0.2, 0.25) is 10.0 Å². The maximum atomic E-state index is 12.7. The Morgan fingerprint density at radius 1 is 1.21 bits per heavy atom. The van der Waals surface area contributed by atoms with Crippen LogP contribution in [-0.2, 0) is 9.59 Å². The lowest BCUT2D eigenvalue weighted by atomic mass is 10.1. The van der Waals surface area contributed by atoms with E-state index in [9.17, 15) is 9.59 Å². The Hall–Kier alpha value is -1.01. The number of rotatable bonds is 3. The third-order valence-corrected chi connectivity index (χ3v) is 5.39. The van der Waals surface area contributed by atoms with E-state index in [-0.39, 0.29) is 30.3 Å². The summed E-state index contributed by atoms with van der Waals surface area (Å²) in [5.74, 6) is -0.877. The Morgan fingerprint density at radius 3 is 2.62 bits per heavy atom. The fourth-order valence-electron chi connectivity index (χ4n) is 3.39. The minimum Gasteiger partial charge on any atom is -0.338 e. The third-order valence-electron chi connectivity index (χ3n) is 4.65. The van der Waals surface area contributed by atoms with E-state index in [0.717, 1.165) is 12.8 Å². The lowest BCUT2D eigenvalue weighted by Gasteiger charge is -2.26. The van der Waals surface area contributed by atoms with Gasteiger partial charge in [0.05, 0.1) is 10.0 Å². The molecule has 0 aromatic heterocycles. The van der Waals surface area contributed by atoms with Crippen molar-refractivity contribution in [1.82, 2.24) is 4.90 Å². The molecule has 2 aliphatic heterocycles. The van der Waals surface area contributed by atoms with Crippen LogP contribution in [0.4, 0.5) is 5.69 Å². The number of halogens is 3. The molecular formula is C16H20Cl3N3O2. The van der Waals surface area contributed by atoms with Gasteiger partial charge in [-0.05, 0) is 37.5 Å². The number of hydrogen-bond donors (Lipinski definition) is 1. The van der Waals surface area contributed by atoms with Gasteiger partial charge in [0.2, 0.25) is 11.8 Å². The second-order valence-corrected chi connectivity index (χ2v) is 6.81. The van der Waals surface area contributed by atoms with Crippen LogP contribution >= 0.6 is 35.6 Å². The van der Waals surface area contributed by atoms with Gasteiger partial charge >= 0.3 is 0 Å². The van der Waals surface area contributed by atoms with Crippen molar-refractivity contribution in [3.05, 3.63) is 28.2 Å². The van der Waals surface area contributed by atoms with Gasteiger partial charge in [-0.25, -0.2) is 0 Å². The molecule has 2 amide bonds. The maximum absolute atomic E-state index is 12.7. The maximum Gasteiger partial charge on any atom is 0.239 e. The van der Waals surface area contributed by atoms with E-state index < -0.39 is 5.92 Å². The molecule has 132 valence electrons. The number of hydrogen-bond acceptors (Lipinski definition) is 3. The van der Waals surface area contributed by atoms with Crippen molar-refractivity contribution >= 4 is 53.1 Å². The van der Waals surface area contributed by atoms with E-state index in [1.807, 2.05) is 0 Å². The molecule has 2 fully saturated rings. The van der Waals surface area contributed by atoms with Crippen LogP contribution in [0.5, 0.6) is 0 Å². The summed E-state index contributed by atoms with van der Waals surface area (Å²) in [5, 5.41) is 0.840. The molecule has 0 radical (unpaired) electrons. The average Bonchev–Trinajstić information content (AvgIpc) is 3.16. The number of anilines is 1. The molecule has 2 atom stereocenters. The summed E-state index contributed by atoms with van der Waals surface area (Å²) in [4.78, 5) is 28.8. The summed E-state index contributed by atoms with van der Waals surface area (Å²) in [5.41, 5.74) is 6.41. The molecule has 5 nitrogen and oxygen atoms in total. The number of likely N-dealkylation sites (tertiary alicyclic amines) is 1. The summed E-state index contributed by atoms with van der Waals surface area (Å²) >= 11 is 11.9. The van der Waals surface area contributed by atoms with E-state index in [2.05, 4.69) is 0 Å². The van der Waals surface area contributed by atoms with Crippen molar-refractivity contribution in [3.8, 4) is 0 Å². The molecule has 2 unspecified atom stereocenters. The number of amides is 2. The molecule has 2 saturated heterocycles. The zero-order chi connectivity index (χ0) is 16.6. The van der Waals surface area contributed by atoms with Gasteiger partial charge in [0.25, 0.3) is 0 Å². The van der Waals surface area contributed by atoms with Crippen molar-refractivity contribution in [1.29, 1.82) is 0 Å². The highest BCUT2D eigenvalue weighted by Crippen LogP contribution is 2.32. The molecule has 24 heavy (non-hydrogen) atoms. The summed E-state index contributed by atoms with van der Waals surface area (Å²) in [6.07, 6.45) is 2.39. The van der Waals surface area contributed by atoms with Gasteiger partial charge in [0, 0.05) is 31.4 Å². The summed E-state index contributed by atoms with van der Waals surface area (Å²) in [6, 6.07) is 5.13. The topological polar surface area (TPSA) is 66.6 Å². The van der Waals surface area contributed by atoms with Gasteiger partial charge in [-0.15, -0.1) is 12.4 Å². The van der Waals surface area contributed by atoms with Crippen molar-refractivity contribution in [2.45, 2.75) is 25.3 Å². The highest BCUT2D eigenvalue weighted by molar-refractivity contribution is 6.42. The van der Waals surface area contributed by atoms with Crippen molar-refractivity contribution in [2.24, 2.45) is 11.7 Å². The van der Waals surface area contributed by atoms with E-state index in [4.69, 9.17) is 28.9 Å². The predicted molar refractivity (Wildman–Crippen MR) is 98.0 cm³/mol. The van der Waals surface area contributed by atoms with E-state index >= 15 is 0 Å². The quantitative estimate of drug-likeness (QED) is 0.804. The molecule has 8 heteroatoms. The summed E-state index contributed by atoms with van der Waals surface area (Å²) in [6.45, 7) is 1.65. The molecule has 0 spiro atoms. The molecule has 3 rings (SSSR count). The zero-order valence-electron chi connectivity index (χ0n) is 13.1. The monoisotopic (exact) mass is 391 g/mol. The fraction of sp³-hybridized carbons (Fsp3) is 0.500. The molecule has 1 aromatic rings. The molecule has 0 aliphatic carbocycles. The van der Waals surface area contributed by atoms with Crippen LogP contribution in [0.15, 0.2) is 18.2 Å². The normalized spacial score (nSPS) is 23.5. The first kappa shape index (κ1) is 19.3. The van der Waals surface area contributed by atoms with E-state index in [1.54, 1.807) is 28.0 Å². The van der Waals surface area contributed by atoms with Gasteiger partial charge in [0.1, 0.15) is 5.92 Å². The minimum atomic E-state index is -0.614. The second-order valence-electron chi connectivity index (χ2n) is 5.99. The first-order valence-corrected chi connectivity index (χ1v) is 8.55. The molecule has 2 N–H and O–H groups in total. The smallest absolute Gasteiger partial charge is 0.239 e. The van der Waals surface area contributed by atoms with Crippen molar-refractivity contribution in [2.75, 3.05) is 24.5 Å². The predicted octanol–water partition coefficient (Wildman–Crippen LogP) is 2.72. The molecule has 0 bridgehead atoms. The van der Waals surface area contributed by atoms with E-state index in [1.165, 1.54) is 0 Å². The lowest BCUT2D eigenvalue weighted by Crippen LogP contribution is -2.45. The Morgan fingerprint density at radius 2 is 1.96 bits per heavy atom. The molecule has 2 aliphatic rings. The number of benzene rings is 1. The van der Waals surface area contributed by atoms with Crippen LogP contribution in [0, 0.1) is 5.92 Å². The highest BCUT2D eigenvalue weighted by atomic mass is 35.5. The minimum absolute atomic E-state index is 0. The van der Waals surface area contributed by atoms with E-state index in [0.29, 0.717) is 41.8 Å². The van der Waals surface area contributed by atoms with Crippen LogP contribution in [0.25, 0.3) is 0 Å². The van der Waals surface area contributed by atoms with Gasteiger partial charge in [0.15, 0.2) is 0 Å². The zero-order valence-corrected chi connectivity index (χ0v) is 15.4. The number of nitrogens with two attached hydrogens (primary N) is 1. The fourth-order valence-corrected chi connectivity index (χ4v) is 3.68. The largest absolute Gasteiger partial charge is 0.338 e. The Kier molecular flexibility index (Phi) is 6.37. The first-order chi connectivity index (χ1) is 11.0. The molecular weight excluding hydrogens is 373 g/mol. The number of nitrogens with zero attached hydrogens (tertiary/aromatic N) is 2. The Labute approximate surface area is 157 Å². The Bertz CT molecular complexity index is 641. The average molecular weight is 393 g/mol. The molecule has 1 aromatic carbocycles. The first-order valence-electron chi connectivity index (χ1n) is 7.80. The standard InChI is InChI=1S/C16H19Cl2N3O2.ClH/c17-13-4-3-10(8-14(13)18)21-7-5-12(16(21)23)15(22)20-6-1-2-11(20)9-19;/h3-4,8,11-12H,1-2,5-7,9,19H2;1H. The van der Waals surface area contributed by atoms with Gasteiger partial charge in [-0.1, -0.05) is 23.2 Å². The SMILES string of the molecule is Cl.NCC1CCCN1C(=O)C1CCN(c2ccc(Cl)c(Cl)c2)C1=O. The van der Waals surface area contributed by atoms with Crippen LogP contribution in [-0.4, -0.2) is 42.4 Å². The number of carbonyl (C=O) groups is 2. The summed E-state index contributed by atoms with van der Waals surface area (Å²) in [7, 11) is 0. The van der Waals surface area contributed by atoms with Crippen LogP contribution in [0.1, 0.15) is 19.3 Å². The van der Waals surface area contributed by atoms with Gasteiger partial charge in [-0.2, -0.15) is 0 Å². The van der Waals surface area contributed by atoms with Crippen molar-refractivity contribution in [3.63, 3.8) is 0 Å². The second kappa shape index (κ2) is 7.91. The van der Waals surface area contributed by atoms with Crippen molar-refractivity contribution < 1.29 is 9.59 Å². The summed E-state index contributed by atoms with van der Waals surface area (Å²) < 4.78 is 0. The lowest BCUT2D eigenvalue weighted by molar-refractivity contribution is -0.140. The molecule has 2 heterocycles. The molecule has 0 saturated carbocycles. The van der Waals surface area contributed by atoms with Gasteiger partial charge < -0.3 is 15.5 Å². The van der Waals surface area contributed by atoms with Gasteiger partial charge in [-0.3, -0.25) is 9.59 Å². The number of carbonyl (C=O) groups excluding carboxylic acids is 2. The highest BCUT2D eigenvalue weighted by Gasteiger charge is 2.42. The van der Waals surface area contributed by atoms with Crippen LogP contribution < -0.4 is 10.6 Å².